The van der Waals surface area contributed by atoms with Crippen molar-refractivity contribution in [2.24, 2.45) is 11.5 Å². The molecule has 0 aromatic carbocycles. The third-order valence-corrected chi connectivity index (χ3v) is 1.72. The van der Waals surface area contributed by atoms with Crippen LogP contribution in [-0.2, 0) is 4.74 Å². The Morgan fingerprint density at radius 3 is 1.78 bits per heavy atom. The van der Waals surface area contributed by atoms with E-state index in [4.69, 9.17) is 16.2 Å². The van der Waals surface area contributed by atoms with Crippen LogP contribution in [0.15, 0.2) is 0 Å². The van der Waals surface area contributed by atoms with E-state index in [1.54, 1.807) is 0 Å². The highest BCUT2D eigenvalue weighted by Gasteiger charge is 2.22. The average molecular weight is 130 g/mol. The van der Waals surface area contributed by atoms with E-state index in [-0.39, 0.29) is 12.2 Å². The first-order valence-corrected chi connectivity index (χ1v) is 3.42. The van der Waals surface area contributed by atoms with Gasteiger partial charge in [0.15, 0.2) is 0 Å². The fraction of sp³-hybridized carbons (Fsp3) is 1.00. The molecule has 4 N–H and O–H groups in total. The molecular weight excluding hydrogens is 116 g/mol. The quantitative estimate of drug-likeness (QED) is 0.527. The minimum absolute atomic E-state index is 0.276. The smallest absolute Gasteiger partial charge is 0.0702 e. The van der Waals surface area contributed by atoms with Crippen LogP contribution in [0.25, 0.3) is 0 Å². The molecule has 0 aliphatic carbocycles. The zero-order valence-electron chi connectivity index (χ0n) is 5.55. The predicted octanol–water partition coefficient (Wildman–Crippen LogP) is -0.549. The Kier molecular flexibility index (Phi) is 2.45. The molecule has 0 aromatic rings. The Labute approximate surface area is 55.4 Å². The van der Waals surface area contributed by atoms with Crippen molar-refractivity contribution < 1.29 is 4.74 Å². The van der Waals surface area contributed by atoms with Gasteiger partial charge in [0, 0.05) is 13.1 Å². The van der Waals surface area contributed by atoms with Gasteiger partial charge in [-0.05, 0) is 12.8 Å². The lowest BCUT2D eigenvalue weighted by atomic mass is 10.2. The molecule has 0 spiro atoms. The Bertz CT molecular complexity index is 77.1. The summed E-state index contributed by atoms with van der Waals surface area (Å²) >= 11 is 0. The van der Waals surface area contributed by atoms with Gasteiger partial charge in [-0.2, -0.15) is 0 Å². The monoisotopic (exact) mass is 130 g/mol. The average Bonchev–Trinajstić information content (AvgIpc) is 2.34. The zero-order chi connectivity index (χ0) is 6.69. The molecule has 3 heteroatoms. The van der Waals surface area contributed by atoms with Crippen molar-refractivity contribution in [2.45, 2.75) is 25.0 Å². The fourth-order valence-corrected chi connectivity index (χ4v) is 1.13. The molecule has 1 saturated heterocycles. The number of rotatable bonds is 2. The van der Waals surface area contributed by atoms with E-state index in [9.17, 15) is 0 Å². The maximum atomic E-state index is 5.41. The van der Waals surface area contributed by atoms with Gasteiger partial charge in [-0.1, -0.05) is 0 Å². The Balaban J connectivity index is 2.20. The topological polar surface area (TPSA) is 61.3 Å². The van der Waals surface area contributed by atoms with Gasteiger partial charge in [-0.3, -0.25) is 0 Å². The minimum atomic E-state index is 0.276. The van der Waals surface area contributed by atoms with E-state index >= 15 is 0 Å². The van der Waals surface area contributed by atoms with Crippen LogP contribution < -0.4 is 11.5 Å². The second kappa shape index (κ2) is 3.15. The summed E-state index contributed by atoms with van der Waals surface area (Å²) in [6, 6.07) is 0. The van der Waals surface area contributed by atoms with E-state index in [0.29, 0.717) is 13.1 Å². The molecular formula is C6H14N2O. The molecule has 2 atom stereocenters. The highest BCUT2D eigenvalue weighted by atomic mass is 16.5. The Morgan fingerprint density at radius 2 is 1.56 bits per heavy atom. The van der Waals surface area contributed by atoms with Gasteiger partial charge in [-0.15, -0.1) is 0 Å². The maximum Gasteiger partial charge on any atom is 0.0702 e. The molecule has 0 radical (unpaired) electrons. The molecule has 3 nitrogen and oxygen atoms in total. The van der Waals surface area contributed by atoms with Crippen LogP contribution in [0.1, 0.15) is 12.8 Å². The molecule has 1 rings (SSSR count). The van der Waals surface area contributed by atoms with Crippen LogP contribution in [0.2, 0.25) is 0 Å². The van der Waals surface area contributed by atoms with Crippen molar-refractivity contribution in [2.75, 3.05) is 13.1 Å². The van der Waals surface area contributed by atoms with Crippen LogP contribution in [0.3, 0.4) is 0 Å². The molecule has 0 bridgehead atoms. The van der Waals surface area contributed by atoms with Crippen LogP contribution in [0.5, 0.6) is 0 Å². The summed E-state index contributed by atoms with van der Waals surface area (Å²) in [6.07, 6.45) is 2.72. The summed E-state index contributed by atoms with van der Waals surface area (Å²) in [6.45, 7) is 1.27. The highest BCUT2D eigenvalue weighted by Crippen LogP contribution is 2.17. The lowest BCUT2D eigenvalue weighted by molar-refractivity contribution is 0.0555. The molecule has 9 heavy (non-hydrogen) atoms. The molecule has 54 valence electrons. The molecule has 1 aliphatic rings. The van der Waals surface area contributed by atoms with Gasteiger partial charge in [0.2, 0.25) is 0 Å². The predicted molar refractivity (Wildman–Crippen MR) is 36.0 cm³/mol. The standard InChI is InChI=1S/C6H14N2O/c7-3-5-1-2-6(4-8)9-5/h5-6H,1-4,7-8H2/t5-,6-/m0/s1. The van der Waals surface area contributed by atoms with Gasteiger partial charge >= 0.3 is 0 Å². The van der Waals surface area contributed by atoms with Gasteiger partial charge in [0.05, 0.1) is 12.2 Å². The molecule has 0 amide bonds. The SMILES string of the molecule is NC[C@@H]1CC[C@@H](CN)O1. The first-order valence-electron chi connectivity index (χ1n) is 3.42. The van der Waals surface area contributed by atoms with Crippen LogP contribution in [0.4, 0.5) is 0 Å². The third-order valence-electron chi connectivity index (χ3n) is 1.72. The summed E-state index contributed by atoms with van der Waals surface area (Å²) < 4.78 is 5.41. The lowest BCUT2D eigenvalue weighted by Crippen LogP contribution is -2.24. The maximum absolute atomic E-state index is 5.41. The van der Waals surface area contributed by atoms with Crippen molar-refractivity contribution in [1.82, 2.24) is 0 Å². The normalized spacial score (nSPS) is 35.3. The lowest BCUT2D eigenvalue weighted by Gasteiger charge is -2.08. The van der Waals surface area contributed by atoms with E-state index in [1.165, 1.54) is 0 Å². The van der Waals surface area contributed by atoms with Gasteiger partial charge in [0.1, 0.15) is 0 Å². The van der Waals surface area contributed by atoms with Gasteiger partial charge in [-0.25, -0.2) is 0 Å². The number of ether oxygens (including phenoxy) is 1. The van der Waals surface area contributed by atoms with Crippen molar-refractivity contribution in [3.8, 4) is 0 Å². The molecule has 0 unspecified atom stereocenters. The summed E-state index contributed by atoms with van der Waals surface area (Å²) in [5.74, 6) is 0. The van der Waals surface area contributed by atoms with Gasteiger partial charge < -0.3 is 16.2 Å². The molecule has 1 fully saturated rings. The van der Waals surface area contributed by atoms with E-state index in [1.807, 2.05) is 0 Å². The van der Waals surface area contributed by atoms with Gasteiger partial charge in [0.25, 0.3) is 0 Å². The fourth-order valence-electron chi connectivity index (χ4n) is 1.13. The van der Waals surface area contributed by atoms with Crippen LogP contribution >= 0.6 is 0 Å². The van der Waals surface area contributed by atoms with E-state index in [0.717, 1.165) is 12.8 Å². The molecule has 0 aromatic heterocycles. The molecule has 1 heterocycles. The summed E-state index contributed by atoms with van der Waals surface area (Å²) in [5.41, 5.74) is 10.8. The van der Waals surface area contributed by atoms with Crippen molar-refractivity contribution >= 4 is 0 Å². The van der Waals surface area contributed by atoms with Crippen molar-refractivity contribution in [3.63, 3.8) is 0 Å². The summed E-state index contributed by atoms with van der Waals surface area (Å²) in [5, 5.41) is 0. The third kappa shape index (κ3) is 1.64. The Hall–Kier alpha value is -0.120. The zero-order valence-corrected chi connectivity index (χ0v) is 5.55. The van der Waals surface area contributed by atoms with E-state index in [2.05, 4.69) is 0 Å². The van der Waals surface area contributed by atoms with Crippen LogP contribution in [-0.4, -0.2) is 25.3 Å². The first-order chi connectivity index (χ1) is 4.36. The molecule has 1 aliphatic heterocycles. The molecule has 0 saturated carbocycles. The second-order valence-corrected chi connectivity index (χ2v) is 2.43. The van der Waals surface area contributed by atoms with Crippen molar-refractivity contribution in [1.29, 1.82) is 0 Å². The number of hydrogen-bond acceptors (Lipinski definition) is 3. The summed E-state index contributed by atoms with van der Waals surface area (Å²) in [4.78, 5) is 0. The summed E-state index contributed by atoms with van der Waals surface area (Å²) in [7, 11) is 0. The van der Waals surface area contributed by atoms with Crippen molar-refractivity contribution in [3.05, 3.63) is 0 Å². The Morgan fingerprint density at radius 1 is 1.11 bits per heavy atom. The first kappa shape index (κ1) is 6.99. The highest BCUT2D eigenvalue weighted by molar-refractivity contribution is 4.74. The van der Waals surface area contributed by atoms with E-state index < -0.39 is 0 Å². The number of hydrogen-bond donors (Lipinski definition) is 2. The minimum Gasteiger partial charge on any atom is -0.372 e. The second-order valence-electron chi connectivity index (χ2n) is 2.43. The van der Waals surface area contributed by atoms with Crippen LogP contribution in [0, 0.1) is 0 Å². The number of nitrogens with two attached hydrogens (primary N) is 2. The largest absolute Gasteiger partial charge is 0.372 e.